The number of carboxylic acids is 1. The van der Waals surface area contributed by atoms with Crippen LogP contribution in [0, 0.1) is 0 Å². The number of carbonyl (C=O) groups excluding carboxylic acids is 1. The maximum Gasteiger partial charge on any atom is 0.161 e. The van der Waals surface area contributed by atoms with Gasteiger partial charge in [-0.05, 0) is 35.4 Å². The Morgan fingerprint density at radius 3 is 2.19 bits per heavy atom. The molecule has 0 N–H and O–H groups in total. The molecular weight excluding hydrogens is 398 g/mol. The number of fused-ring (bicyclic) bond motifs is 1. The fraction of sp³-hybridized carbons (Fsp3) is 0.458. The number of ether oxygens (including phenoxy) is 4. The highest BCUT2D eigenvalue weighted by Gasteiger charge is 2.39. The molecule has 31 heavy (non-hydrogen) atoms. The smallest absolute Gasteiger partial charge is 0.161 e. The summed E-state index contributed by atoms with van der Waals surface area (Å²) >= 11 is 0. The first-order chi connectivity index (χ1) is 14.8. The number of carboxylic acid groups (broad SMARTS) is 1. The molecule has 0 amide bonds. The summed E-state index contributed by atoms with van der Waals surface area (Å²) in [6.07, 6.45) is 1.57. The number of hydrogen-bond acceptors (Lipinski definition) is 6. The van der Waals surface area contributed by atoms with Gasteiger partial charge in [0.1, 0.15) is 6.04 Å². The number of benzene rings is 2. The summed E-state index contributed by atoms with van der Waals surface area (Å²) in [5.74, 6) is 1.70. The molecule has 0 bridgehead atoms. The third-order valence-electron chi connectivity index (χ3n) is 6.35. The normalized spacial score (nSPS) is 20.0. The number of likely N-dealkylation sites (N-methyl/N-ethyl adjacent to an activating group) is 1. The van der Waals surface area contributed by atoms with Crippen LogP contribution in [0.15, 0.2) is 30.3 Å². The Morgan fingerprint density at radius 2 is 1.58 bits per heavy atom. The Labute approximate surface area is 183 Å². The molecular formula is C24H31NO6. The molecule has 2 unspecified atom stereocenters. The number of aliphatic carboxylic acids is 1. The molecule has 0 radical (unpaired) electrons. The van der Waals surface area contributed by atoms with Crippen LogP contribution in [0.3, 0.4) is 0 Å². The van der Waals surface area contributed by atoms with E-state index in [9.17, 15) is 9.90 Å². The van der Waals surface area contributed by atoms with E-state index >= 15 is 0 Å². The molecule has 0 saturated heterocycles. The standard InChI is InChI=1S/C24H31NO6/c1-25(11-9-24(26)27)10-8-17-14-22(30-4)23(31-5)15-18(17)19(25)12-16-6-7-20(28-2)21(13-16)29-3/h6-7,13-15,19H,8-12H2,1-5H3. The summed E-state index contributed by atoms with van der Waals surface area (Å²) in [5, 5.41) is 11.2. The first kappa shape index (κ1) is 22.7. The molecule has 7 heteroatoms. The minimum Gasteiger partial charge on any atom is -0.550 e. The van der Waals surface area contributed by atoms with Crippen LogP contribution < -0.4 is 24.1 Å². The van der Waals surface area contributed by atoms with E-state index in [-0.39, 0.29) is 12.5 Å². The Bertz CT molecular complexity index is 944. The molecule has 7 nitrogen and oxygen atoms in total. The van der Waals surface area contributed by atoms with Gasteiger partial charge in [-0.1, -0.05) is 6.07 Å². The fourth-order valence-corrected chi connectivity index (χ4v) is 4.51. The van der Waals surface area contributed by atoms with Gasteiger partial charge in [0.2, 0.25) is 0 Å². The maximum atomic E-state index is 11.2. The van der Waals surface area contributed by atoms with Gasteiger partial charge >= 0.3 is 0 Å². The Morgan fingerprint density at radius 1 is 0.968 bits per heavy atom. The molecule has 0 fully saturated rings. The molecule has 2 aromatic rings. The van der Waals surface area contributed by atoms with E-state index in [1.54, 1.807) is 28.4 Å². The second kappa shape index (κ2) is 9.47. The highest BCUT2D eigenvalue weighted by molar-refractivity contribution is 5.64. The van der Waals surface area contributed by atoms with Crippen molar-refractivity contribution in [2.75, 3.05) is 48.6 Å². The van der Waals surface area contributed by atoms with E-state index in [2.05, 4.69) is 7.05 Å². The maximum absolute atomic E-state index is 11.2. The zero-order valence-corrected chi connectivity index (χ0v) is 18.9. The van der Waals surface area contributed by atoms with Crippen LogP contribution >= 0.6 is 0 Å². The molecule has 168 valence electrons. The lowest BCUT2D eigenvalue weighted by atomic mass is 9.86. The zero-order valence-electron chi connectivity index (χ0n) is 18.9. The summed E-state index contributed by atoms with van der Waals surface area (Å²) in [7, 11) is 8.61. The molecule has 0 spiro atoms. The lowest BCUT2D eigenvalue weighted by Gasteiger charge is -2.46. The summed E-state index contributed by atoms with van der Waals surface area (Å²) in [4.78, 5) is 11.2. The number of hydrogen-bond donors (Lipinski definition) is 0. The average Bonchev–Trinajstić information content (AvgIpc) is 2.78. The van der Waals surface area contributed by atoms with E-state index < -0.39 is 5.97 Å². The van der Waals surface area contributed by atoms with Crippen molar-refractivity contribution in [3.8, 4) is 23.0 Å². The number of nitrogens with zero attached hydrogens (tertiary/aromatic N) is 1. The van der Waals surface area contributed by atoms with Gasteiger partial charge in [-0.25, -0.2) is 0 Å². The molecule has 0 aromatic heterocycles. The lowest BCUT2D eigenvalue weighted by Crippen LogP contribution is -2.53. The summed E-state index contributed by atoms with van der Waals surface area (Å²) in [5.41, 5.74) is 3.44. The lowest BCUT2D eigenvalue weighted by molar-refractivity contribution is -0.941. The molecule has 3 rings (SSSR count). The van der Waals surface area contributed by atoms with Gasteiger partial charge in [0.15, 0.2) is 23.0 Å². The van der Waals surface area contributed by atoms with E-state index in [1.807, 2.05) is 30.3 Å². The van der Waals surface area contributed by atoms with Crippen LogP contribution in [0.2, 0.25) is 0 Å². The van der Waals surface area contributed by atoms with Crippen molar-refractivity contribution in [2.24, 2.45) is 0 Å². The number of rotatable bonds is 9. The van der Waals surface area contributed by atoms with Crippen molar-refractivity contribution in [3.05, 3.63) is 47.0 Å². The number of quaternary nitrogens is 1. The van der Waals surface area contributed by atoms with Gasteiger partial charge in [0, 0.05) is 30.8 Å². The molecule has 1 heterocycles. The van der Waals surface area contributed by atoms with Crippen LogP contribution in [-0.2, 0) is 17.6 Å². The van der Waals surface area contributed by atoms with Crippen LogP contribution in [0.1, 0.15) is 29.2 Å². The molecule has 0 saturated carbocycles. The van der Waals surface area contributed by atoms with Gasteiger partial charge < -0.3 is 33.3 Å². The molecule has 1 aliphatic heterocycles. The van der Waals surface area contributed by atoms with Crippen LogP contribution in [0.4, 0.5) is 0 Å². The predicted octanol–water partition coefficient (Wildman–Crippen LogP) is 2.15. The first-order valence-corrected chi connectivity index (χ1v) is 10.3. The van der Waals surface area contributed by atoms with Crippen molar-refractivity contribution in [1.82, 2.24) is 0 Å². The summed E-state index contributed by atoms with van der Waals surface area (Å²) < 4.78 is 22.5. The topological polar surface area (TPSA) is 77.1 Å². The molecule has 2 aromatic carbocycles. The van der Waals surface area contributed by atoms with Gasteiger partial charge in [-0.15, -0.1) is 0 Å². The SMILES string of the molecule is COc1ccc(CC2c3cc(OC)c(OC)cc3CC[N+]2(C)CCC(=O)[O-])cc1OC. The first-order valence-electron chi connectivity index (χ1n) is 10.3. The summed E-state index contributed by atoms with van der Waals surface area (Å²) in [6, 6.07) is 10.0. The Kier molecular flexibility index (Phi) is 6.95. The third-order valence-corrected chi connectivity index (χ3v) is 6.35. The highest BCUT2D eigenvalue weighted by atomic mass is 16.5. The van der Waals surface area contributed by atoms with Crippen molar-refractivity contribution in [2.45, 2.75) is 25.3 Å². The molecule has 0 aliphatic carbocycles. The second-order valence-corrected chi connectivity index (χ2v) is 8.11. The van der Waals surface area contributed by atoms with Crippen LogP contribution in [0.5, 0.6) is 23.0 Å². The largest absolute Gasteiger partial charge is 0.550 e. The van der Waals surface area contributed by atoms with Crippen LogP contribution in [-0.4, -0.2) is 59.0 Å². The molecule has 2 atom stereocenters. The monoisotopic (exact) mass is 429 g/mol. The van der Waals surface area contributed by atoms with Crippen molar-refractivity contribution in [1.29, 1.82) is 0 Å². The van der Waals surface area contributed by atoms with E-state index in [0.29, 0.717) is 40.4 Å². The number of carbonyl (C=O) groups is 1. The van der Waals surface area contributed by atoms with E-state index in [4.69, 9.17) is 18.9 Å². The highest BCUT2D eigenvalue weighted by Crippen LogP contribution is 2.43. The minimum atomic E-state index is -1.03. The van der Waals surface area contributed by atoms with Gasteiger partial charge in [-0.3, -0.25) is 0 Å². The predicted molar refractivity (Wildman–Crippen MR) is 115 cm³/mol. The average molecular weight is 430 g/mol. The van der Waals surface area contributed by atoms with Gasteiger partial charge in [-0.2, -0.15) is 0 Å². The van der Waals surface area contributed by atoms with Gasteiger partial charge in [0.25, 0.3) is 0 Å². The third kappa shape index (κ3) is 4.71. The Hall–Kier alpha value is -2.93. The van der Waals surface area contributed by atoms with Crippen LogP contribution in [0.25, 0.3) is 0 Å². The van der Waals surface area contributed by atoms with Crippen molar-refractivity contribution < 1.29 is 33.3 Å². The van der Waals surface area contributed by atoms with E-state index in [1.165, 1.54) is 5.56 Å². The van der Waals surface area contributed by atoms with Crippen molar-refractivity contribution >= 4 is 5.97 Å². The quantitative estimate of drug-likeness (QED) is 0.569. The Balaban J connectivity index is 2.06. The zero-order chi connectivity index (χ0) is 22.6. The van der Waals surface area contributed by atoms with E-state index in [0.717, 1.165) is 24.1 Å². The minimum absolute atomic E-state index is 0.0154. The van der Waals surface area contributed by atoms with Gasteiger partial charge in [0.05, 0.1) is 48.6 Å². The fourth-order valence-electron chi connectivity index (χ4n) is 4.51. The molecule has 1 aliphatic rings. The summed E-state index contributed by atoms with van der Waals surface area (Å²) in [6.45, 7) is 1.32. The van der Waals surface area contributed by atoms with Crippen molar-refractivity contribution in [3.63, 3.8) is 0 Å². The second-order valence-electron chi connectivity index (χ2n) is 8.11. The number of methoxy groups -OCH3 is 4.